The van der Waals surface area contributed by atoms with Crippen LogP contribution < -0.4 is 9.47 Å². The summed E-state index contributed by atoms with van der Waals surface area (Å²) >= 11 is 0. The Bertz CT molecular complexity index is 544. The van der Waals surface area contributed by atoms with Crippen LogP contribution in [-0.2, 0) is 6.42 Å². The lowest BCUT2D eigenvalue weighted by Gasteiger charge is -2.09. The van der Waals surface area contributed by atoms with Gasteiger partial charge >= 0.3 is 0 Å². The number of carbonyl (C=O) groups is 1. The Kier molecular flexibility index (Phi) is 5.83. The van der Waals surface area contributed by atoms with E-state index >= 15 is 0 Å². The second-order valence-corrected chi connectivity index (χ2v) is 4.78. The number of benzene rings is 2. The smallest absolute Gasteiger partial charge is 0.150 e. The third-order valence-corrected chi connectivity index (χ3v) is 3.10. The number of carbonyl (C=O) groups excluding carboxylic acids is 1. The van der Waals surface area contributed by atoms with E-state index in [1.54, 1.807) is 24.3 Å². The van der Waals surface area contributed by atoms with Crippen LogP contribution >= 0.6 is 0 Å². The van der Waals surface area contributed by atoms with Crippen molar-refractivity contribution in [3.63, 3.8) is 0 Å². The first-order valence-corrected chi connectivity index (χ1v) is 7.21. The van der Waals surface area contributed by atoms with E-state index in [0.717, 1.165) is 30.6 Å². The molecule has 0 unspecified atom stereocenters. The molecular formula is C18H20O3. The Morgan fingerprint density at radius 1 is 0.857 bits per heavy atom. The van der Waals surface area contributed by atoms with Crippen molar-refractivity contribution in [2.75, 3.05) is 13.2 Å². The average Bonchev–Trinajstić information content (AvgIpc) is 2.54. The summed E-state index contributed by atoms with van der Waals surface area (Å²) in [6.07, 6.45) is 3.06. The summed E-state index contributed by atoms with van der Waals surface area (Å²) in [5.41, 5.74) is 1.97. The Balaban J connectivity index is 1.72. The molecule has 0 aliphatic heterocycles. The first-order valence-electron chi connectivity index (χ1n) is 7.21. The fraction of sp³-hybridized carbons (Fsp3) is 0.278. The summed E-state index contributed by atoms with van der Waals surface area (Å²) in [6.45, 7) is 3.13. The number of aldehydes is 1. The molecule has 110 valence electrons. The molecule has 0 aromatic heterocycles. The van der Waals surface area contributed by atoms with E-state index in [1.165, 1.54) is 5.56 Å². The first kappa shape index (κ1) is 15.1. The minimum Gasteiger partial charge on any atom is -0.490 e. The molecule has 0 aliphatic rings. The van der Waals surface area contributed by atoms with Gasteiger partial charge in [0.05, 0.1) is 0 Å². The van der Waals surface area contributed by atoms with Gasteiger partial charge in [-0.25, -0.2) is 0 Å². The topological polar surface area (TPSA) is 35.5 Å². The number of hydrogen-bond donors (Lipinski definition) is 0. The zero-order valence-electron chi connectivity index (χ0n) is 12.2. The molecule has 2 aromatic rings. The molecule has 0 bridgehead atoms. The molecule has 21 heavy (non-hydrogen) atoms. The van der Waals surface area contributed by atoms with E-state index < -0.39 is 0 Å². The highest BCUT2D eigenvalue weighted by Gasteiger charge is 1.97. The molecule has 0 heterocycles. The van der Waals surface area contributed by atoms with Crippen LogP contribution in [-0.4, -0.2) is 19.5 Å². The van der Waals surface area contributed by atoms with Crippen molar-refractivity contribution in [1.82, 2.24) is 0 Å². The van der Waals surface area contributed by atoms with Crippen molar-refractivity contribution in [1.29, 1.82) is 0 Å². The van der Waals surface area contributed by atoms with Crippen molar-refractivity contribution in [2.45, 2.75) is 19.8 Å². The maximum atomic E-state index is 10.5. The van der Waals surface area contributed by atoms with E-state index in [2.05, 4.69) is 19.1 Å². The van der Waals surface area contributed by atoms with Gasteiger partial charge in [-0.3, -0.25) is 4.79 Å². The van der Waals surface area contributed by atoms with Crippen molar-refractivity contribution < 1.29 is 14.3 Å². The summed E-state index contributed by atoms with van der Waals surface area (Å²) in [7, 11) is 0. The monoisotopic (exact) mass is 284 g/mol. The van der Waals surface area contributed by atoms with Crippen LogP contribution in [0.1, 0.15) is 29.3 Å². The van der Waals surface area contributed by atoms with E-state index in [9.17, 15) is 4.79 Å². The van der Waals surface area contributed by atoms with E-state index in [0.29, 0.717) is 18.8 Å². The molecule has 2 aromatic carbocycles. The van der Waals surface area contributed by atoms with Crippen LogP contribution in [0.3, 0.4) is 0 Å². The van der Waals surface area contributed by atoms with Crippen LogP contribution in [0, 0.1) is 0 Å². The van der Waals surface area contributed by atoms with Crippen molar-refractivity contribution >= 4 is 6.29 Å². The maximum Gasteiger partial charge on any atom is 0.150 e. The Morgan fingerprint density at radius 3 is 1.86 bits per heavy atom. The van der Waals surface area contributed by atoms with Gasteiger partial charge in [0.2, 0.25) is 0 Å². The lowest BCUT2D eigenvalue weighted by atomic mass is 10.1. The predicted octanol–water partition coefficient (Wildman–Crippen LogP) is 3.91. The largest absolute Gasteiger partial charge is 0.490 e. The summed E-state index contributed by atoms with van der Waals surface area (Å²) < 4.78 is 11.2. The van der Waals surface area contributed by atoms with Crippen LogP contribution in [0.4, 0.5) is 0 Å². The molecule has 0 saturated heterocycles. The molecule has 0 saturated carbocycles. The molecule has 0 atom stereocenters. The van der Waals surface area contributed by atoms with E-state index in [1.807, 2.05) is 12.1 Å². The number of hydrogen-bond acceptors (Lipinski definition) is 3. The molecule has 3 nitrogen and oxygen atoms in total. The molecule has 0 radical (unpaired) electrons. The molecular weight excluding hydrogens is 264 g/mol. The molecule has 0 N–H and O–H groups in total. The van der Waals surface area contributed by atoms with Crippen LogP contribution in [0.25, 0.3) is 0 Å². The molecule has 0 amide bonds. The summed E-state index contributed by atoms with van der Waals surface area (Å²) in [5, 5.41) is 0. The molecule has 0 fully saturated rings. The van der Waals surface area contributed by atoms with Crippen LogP contribution in [0.5, 0.6) is 11.5 Å². The summed E-state index contributed by atoms with van der Waals surface area (Å²) in [6, 6.07) is 15.2. The van der Waals surface area contributed by atoms with Gasteiger partial charge in [-0.2, -0.15) is 0 Å². The lowest BCUT2D eigenvalue weighted by Crippen LogP contribution is -2.09. The van der Waals surface area contributed by atoms with Gasteiger partial charge in [0.25, 0.3) is 0 Å². The fourth-order valence-electron chi connectivity index (χ4n) is 2.00. The third kappa shape index (κ3) is 4.95. The SMILES string of the molecule is CCCc1ccc(OCCOc2ccc(C=O)cc2)cc1. The Hall–Kier alpha value is -2.29. The molecule has 0 spiro atoms. The highest BCUT2D eigenvalue weighted by Crippen LogP contribution is 2.14. The van der Waals surface area contributed by atoms with E-state index in [4.69, 9.17) is 9.47 Å². The quantitative estimate of drug-likeness (QED) is 0.544. The van der Waals surface area contributed by atoms with Gasteiger partial charge in [0.1, 0.15) is 31.0 Å². The van der Waals surface area contributed by atoms with Crippen molar-refractivity contribution in [3.8, 4) is 11.5 Å². The normalized spacial score (nSPS) is 10.1. The Labute approximate surface area is 125 Å². The van der Waals surface area contributed by atoms with Crippen molar-refractivity contribution in [2.24, 2.45) is 0 Å². The standard InChI is InChI=1S/C18H20O3/c1-2-3-15-4-8-17(9-5-15)20-12-13-21-18-10-6-16(14-19)7-11-18/h4-11,14H,2-3,12-13H2,1H3. The molecule has 3 heteroatoms. The van der Waals surface area contributed by atoms with Gasteiger partial charge < -0.3 is 9.47 Å². The zero-order valence-corrected chi connectivity index (χ0v) is 12.2. The minimum absolute atomic E-state index is 0.469. The minimum atomic E-state index is 0.469. The number of ether oxygens (including phenoxy) is 2. The van der Waals surface area contributed by atoms with Gasteiger partial charge in [-0.1, -0.05) is 25.5 Å². The van der Waals surface area contributed by atoms with E-state index in [-0.39, 0.29) is 0 Å². The Morgan fingerprint density at radius 2 is 1.38 bits per heavy atom. The average molecular weight is 284 g/mol. The molecule has 0 aliphatic carbocycles. The second kappa shape index (κ2) is 8.10. The predicted molar refractivity (Wildman–Crippen MR) is 83.3 cm³/mol. The van der Waals surface area contributed by atoms with Crippen LogP contribution in [0.2, 0.25) is 0 Å². The van der Waals surface area contributed by atoms with Crippen molar-refractivity contribution in [3.05, 3.63) is 59.7 Å². The maximum absolute atomic E-state index is 10.5. The number of rotatable bonds is 8. The lowest BCUT2D eigenvalue weighted by molar-refractivity contribution is 0.112. The highest BCUT2D eigenvalue weighted by atomic mass is 16.5. The van der Waals surface area contributed by atoms with Gasteiger partial charge in [0, 0.05) is 5.56 Å². The van der Waals surface area contributed by atoms with Gasteiger partial charge in [-0.05, 0) is 48.4 Å². The summed E-state index contributed by atoms with van der Waals surface area (Å²) in [4.78, 5) is 10.5. The highest BCUT2D eigenvalue weighted by molar-refractivity contribution is 5.74. The summed E-state index contributed by atoms with van der Waals surface area (Å²) in [5.74, 6) is 1.59. The first-order chi connectivity index (χ1) is 10.3. The fourth-order valence-corrected chi connectivity index (χ4v) is 2.00. The van der Waals surface area contributed by atoms with Gasteiger partial charge in [0.15, 0.2) is 0 Å². The van der Waals surface area contributed by atoms with Gasteiger partial charge in [-0.15, -0.1) is 0 Å². The number of aryl methyl sites for hydroxylation is 1. The van der Waals surface area contributed by atoms with Crippen LogP contribution in [0.15, 0.2) is 48.5 Å². The zero-order chi connectivity index (χ0) is 14.9. The second-order valence-electron chi connectivity index (χ2n) is 4.78. The third-order valence-electron chi connectivity index (χ3n) is 3.10. The molecule has 2 rings (SSSR count).